The van der Waals surface area contributed by atoms with E-state index in [1.807, 2.05) is 24.1 Å². The van der Waals surface area contributed by atoms with Crippen LogP contribution in [0.15, 0.2) is 5.38 Å². The third-order valence-electron chi connectivity index (χ3n) is 5.23. The Labute approximate surface area is 163 Å². The highest BCUT2D eigenvalue weighted by Gasteiger charge is 2.23. The number of nitrogens with zero attached hydrogens (tertiary/aromatic N) is 4. The van der Waals surface area contributed by atoms with Crippen molar-refractivity contribution >= 4 is 22.4 Å². The van der Waals surface area contributed by atoms with Gasteiger partial charge in [-0.15, -0.1) is 11.3 Å². The van der Waals surface area contributed by atoms with Crippen LogP contribution < -0.4 is 5.73 Å². The standard InChI is InChI=1S/C12H20N4OS.C7H15N.H2/c1-9(2)11(17)16-5-3-15(4-6-16)7-10-8-18-12(13)14-10;1-3-8-6-4-5-7(8)2;/h8-9H,3-7H2,1-2H3,(H2,13,14);7H,3-6H2,1-2H3;1H/t;7-;/m.0./s1. The number of likely N-dealkylation sites (tertiary alicyclic amines) is 1. The van der Waals surface area contributed by atoms with Crippen LogP contribution in [0, 0.1) is 5.92 Å². The fraction of sp³-hybridized carbons (Fsp3) is 0.789. The largest absolute Gasteiger partial charge is 0.375 e. The molecule has 0 aromatic carbocycles. The molecule has 2 fully saturated rings. The molecule has 2 saturated heterocycles. The SMILES string of the molecule is CC(C)C(=O)N1CCN(Cc2csc(N)n2)CC1.CCN1CCC[C@@H]1C.[HH]. The maximum atomic E-state index is 11.8. The molecule has 150 valence electrons. The Kier molecular flexibility index (Phi) is 8.31. The molecule has 0 aliphatic carbocycles. The fourth-order valence-corrected chi connectivity index (χ4v) is 4.13. The maximum Gasteiger partial charge on any atom is 0.225 e. The second-order valence-electron chi connectivity index (χ2n) is 7.55. The van der Waals surface area contributed by atoms with Crippen LogP contribution in [0.25, 0.3) is 0 Å². The van der Waals surface area contributed by atoms with Crippen molar-refractivity contribution in [3.63, 3.8) is 0 Å². The van der Waals surface area contributed by atoms with E-state index in [1.165, 1.54) is 37.3 Å². The van der Waals surface area contributed by atoms with Gasteiger partial charge in [0.1, 0.15) is 0 Å². The Morgan fingerprint density at radius 3 is 2.46 bits per heavy atom. The van der Waals surface area contributed by atoms with E-state index in [-0.39, 0.29) is 13.3 Å². The Morgan fingerprint density at radius 2 is 2.04 bits per heavy atom. The van der Waals surface area contributed by atoms with E-state index < -0.39 is 0 Å². The van der Waals surface area contributed by atoms with Crippen molar-refractivity contribution in [3.05, 3.63) is 11.1 Å². The number of anilines is 1. The molecule has 0 bridgehead atoms. The predicted octanol–water partition coefficient (Wildman–Crippen LogP) is 2.76. The first kappa shape index (κ1) is 21.1. The van der Waals surface area contributed by atoms with E-state index in [9.17, 15) is 4.79 Å². The summed E-state index contributed by atoms with van der Waals surface area (Å²) >= 11 is 1.48. The van der Waals surface area contributed by atoms with Gasteiger partial charge in [-0.2, -0.15) is 0 Å². The van der Waals surface area contributed by atoms with E-state index in [4.69, 9.17) is 5.73 Å². The summed E-state index contributed by atoms with van der Waals surface area (Å²) in [6.45, 7) is 15.3. The second-order valence-corrected chi connectivity index (χ2v) is 8.44. The number of nitrogens with two attached hydrogens (primary N) is 1. The zero-order valence-electron chi connectivity index (χ0n) is 16.8. The van der Waals surface area contributed by atoms with Crippen molar-refractivity contribution in [3.8, 4) is 0 Å². The Bertz CT molecular complexity index is 560. The average molecular weight is 384 g/mol. The van der Waals surface area contributed by atoms with Gasteiger partial charge in [0, 0.05) is 51.5 Å². The molecule has 3 rings (SSSR count). The molecule has 1 atom stereocenters. The van der Waals surface area contributed by atoms with Gasteiger partial charge in [0.15, 0.2) is 5.13 Å². The number of hydrogen-bond donors (Lipinski definition) is 1. The van der Waals surface area contributed by atoms with Crippen molar-refractivity contribution in [2.75, 3.05) is 45.0 Å². The molecular weight excluding hydrogens is 346 g/mol. The Hall–Kier alpha value is -1.18. The third kappa shape index (κ3) is 6.21. The van der Waals surface area contributed by atoms with Gasteiger partial charge in [-0.1, -0.05) is 20.8 Å². The molecular formula is C19H37N5OS. The van der Waals surface area contributed by atoms with E-state index >= 15 is 0 Å². The second kappa shape index (κ2) is 10.2. The molecule has 1 aromatic rings. The quantitative estimate of drug-likeness (QED) is 0.866. The highest BCUT2D eigenvalue weighted by Crippen LogP contribution is 2.15. The van der Waals surface area contributed by atoms with Gasteiger partial charge in [-0.3, -0.25) is 9.69 Å². The molecule has 6 nitrogen and oxygen atoms in total. The summed E-state index contributed by atoms with van der Waals surface area (Å²) in [5.41, 5.74) is 6.64. The summed E-state index contributed by atoms with van der Waals surface area (Å²) in [5.74, 6) is 0.349. The lowest BCUT2D eigenvalue weighted by atomic mass is 10.1. The number of thiazole rings is 1. The minimum absolute atomic E-state index is 0. The normalized spacial score (nSPS) is 21.7. The monoisotopic (exact) mass is 383 g/mol. The zero-order valence-corrected chi connectivity index (χ0v) is 17.6. The number of aromatic nitrogens is 1. The van der Waals surface area contributed by atoms with E-state index in [1.54, 1.807) is 0 Å². The summed E-state index contributed by atoms with van der Waals surface area (Å²) in [4.78, 5) is 22.9. The molecule has 2 aliphatic rings. The number of rotatable bonds is 4. The van der Waals surface area contributed by atoms with E-state index in [0.717, 1.165) is 44.5 Å². The minimum atomic E-state index is 0. The molecule has 0 saturated carbocycles. The van der Waals surface area contributed by atoms with Crippen LogP contribution in [-0.2, 0) is 11.3 Å². The van der Waals surface area contributed by atoms with Crippen molar-refractivity contribution in [1.29, 1.82) is 0 Å². The summed E-state index contributed by atoms with van der Waals surface area (Å²) in [6, 6.07) is 0.861. The average Bonchev–Trinajstić information content (AvgIpc) is 3.23. The van der Waals surface area contributed by atoms with Gasteiger partial charge < -0.3 is 15.5 Å². The number of piperazine rings is 1. The predicted molar refractivity (Wildman–Crippen MR) is 111 cm³/mol. The molecule has 0 unspecified atom stereocenters. The van der Waals surface area contributed by atoms with Crippen molar-refractivity contribution in [2.45, 2.75) is 53.1 Å². The summed E-state index contributed by atoms with van der Waals surface area (Å²) in [6.07, 6.45) is 2.82. The molecule has 0 spiro atoms. The molecule has 1 aromatic heterocycles. The van der Waals surface area contributed by atoms with Gasteiger partial charge in [-0.05, 0) is 32.9 Å². The molecule has 2 N–H and O–H groups in total. The highest BCUT2D eigenvalue weighted by atomic mass is 32.1. The van der Waals surface area contributed by atoms with Crippen molar-refractivity contribution < 1.29 is 6.22 Å². The van der Waals surface area contributed by atoms with Gasteiger partial charge in [0.2, 0.25) is 5.91 Å². The van der Waals surface area contributed by atoms with Crippen molar-refractivity contribution in [1.82, 2.24) is 19.7 Å². The lowest BCUT2D eigenvalue weighted by Crippen LogP contribution is -2.49. The number of hydrogen-bond acceptors (Lipinski definition) is 6. The number of nitrogen functional groups attached to an aromatic ring is 1. The van der Waals surface area contributed by atoms with Crippen LogP contribution >= 0.6 is 11.3 Å². The van der Waals surface area contributed by atoms with Gasteiger partial charge in [0.25, 0.3) is 0 Å². The first-order valence-electron chi connectivity index (χ1n) is 9.85. The molecule has 1 amide bonds. The minimum Gasteiger partial charge on any atom is -0.375 e. The first-order valence-corrected chi connectivity index (χ1v) is 10.7. The Morgan fingerprint density at radius 1 is 1.35 bits per heavy atom. The summed E-state index contributed by atoms with van der Waals surface area (Å²) in [5, 5.41) is 2.62. The zero-order chi connectivity index (χ0) is 19.1. The molecule has 2 aliphatic heterocycles. The third-order valence-corrected chi connectivity index (χ3v) is 5.95. The lowest BCUT2D eigenvalue weighted by molar-refractivity contribution is -0.136. The van der Waals surface area contributed by atoms with Crippen LogP contribution in [0.4, 0.5) is 5.13 Å². The van der Waals surface area contributed by atoms with Crippen LogP contribution in [0.5, 0.6) is 0 Å². The number of carbonyl (C=O) groups excluding carboxylic acids is 1. The first-order chi connectivity index (χ1) is 12.4. The molecule has 26 heavy (non-hydrogen) atoms. The summed E-state index contributed by atoms with van der Waals surface area (Å²) < 4.78 is 0. The van der Waals surface area contributed by atoms with Crippen molar-refractivity contribution in [2.24, 2.45) is 5.92 Å². The van der Waals surface area contributed by atoms with Crippen LogP contribution in [0.2, 0.25) is 0 Å². The topological polar surface area (TPSA) is 65.7 Å². The highest BCUT2D eigenvalue weighted by molar-refractivity contribution is 7.13. The smallest absolute Gasteiger partial charge is 0.225 e. The molecule has 0 radical (unpaired) electrons. The lowest BCUT2D eigenvalue weighted by Gasteiger charge is -2.35. The number of carbonyl (C=O) groups is 1. The fourth-order valence-electron chi connectivity index (χ4n) is 3.58. The molecule has 7 heteroatoms. The van der Waals surface area contributed by atoms with Gasteiger partial charge in [0.05, 0.1) is 5.69 Å². The van der Waals surface area contributed by atoms with Crippen LogP contribution in [0.1, 0.15) is 47.7 Å². The van der Waals surface area contributed by atoms with Gasteiger partial charge in [-0.25, -0.2) is 4.98 Å². The summed E-state index contributed by atoms with van der Waals surface area (Å²) in [7, 11) is 0. The maximum absolute atomic E-state index is 11.8. The van der Waals surface area contributed by atoms with E-state index in [0.29, 0.717) is 5.13 Å². The van der Waals surface area contributed by atoms with E-state index in [2.05, 4.69) is 28.6 Å². The van der Waals surface area contributed by atoms with Crippen LogP contribution in [0.3, 0.4) is 0 Å². The van der Waals surface area contributed by atoms with Crippen LogP contribution in [-0.4, -0.2) is 70.9 Å². The Balaban J connectivity index is 0.000000342. The van der Waals surface area contributed by atoms with Gasteiger partial charge >= 0.3 is 0 Å². The molecule has 3 heterocycles. The number of amides is 1.